The van der Waals surface area contributed by atoms with E-state index >= 15 is 0 Å². The Hall–Kier alpha value is -2.98. The molecule has 31 heavy (non-hydrogen) atoms. The summed E-state index contributed by atoms with van der Waals surface area (Å²) in [6.45, 7) is 3.09. The first-order valence-electron chi connectivity index (χ1n) is 9.00. The summed E-state index contributed by atoms with van der Waals surface area (Å²) in [6, 6.07) is 9.80. The van der Waals surface area contributed by atoms with Crippen molar-refractivity contribution in [3.63, 3.8) is 0 Å². The zero-order valence-corrected chi connectivity index (χ0v) is 17.9. The fraction of sp³-hybridized carbons (Fsp3) is 0.190. The average molecular weight is 464 g/mol. The number of carboxylic acid groups (broad SMARTS) is 1. The molecule has 0 amide bonds. The molecular weight excluding hydrogens is 449 g/mol. The van der Waals surface area contributed by atoms with Gasteiger partial charge in [-0.3, -0.25) is 0 Å². The van der Waals surface area contributed by atoms with Crippen LogP contribution in [0, 0.1) is 6.92 Å². The lowest BCUT2D eigenvalue weighted by molar-refractivity contribution is -0.154. The number of thiazole rings is 2. The van der Waals surface area contributed by atoms with Gasteiger partial charge in [-0.15, -0.1) is 22.7 Å². The van der Waals surface area contributed by atoms with E-state index in [2.05, 4.69) is 9.97 Å². The van der Waals surface area contributed by atoms with E-state index in [1.54, 1.807) is 30.6 Å². The van der Waals surface area contributed by atoms with Gasteiger partial charge in [-0.25, -0.2) is 14.8 Å². The number of aryl methyl sites for hydroxylation is 1. The third-order valence-electron chi connectivity index (χ3n) is 4.73. The van der Waals surface area contributed by atoms with Crippen LogP contribution in [-0.4, -0.2) is 21.0 Å². The first-order valence-corrected chi connectivity index (χ1v) is 10.7. The summed E-state index contributed by atoms with van der Waals surface area (Å²) in [6.07, 6.45) is -4.43. The van der Waals surface area contributed by atoms with Crippen molar-refractivity contribution in [3.8, 4) is 16.3 Å². The van der Waals surface area contributed by atoms with Crippen molar-refractivity contribution in [1.82, 2.24) is 9.97 Å². The molecule has 5 nitrogen and oxygen atoms in total. The number of hydrogen-bond acceptors (Lipinski definition) is 6. The molecule has 1 atom stereocenters. The van der Waals surface area contributed by atoms with Gasteiger partial charge in [0.25, 0.3) is 0 Å². The topological polar surface area (TPSA) is 72.3 Å². The number of aromatic nitrogens is 2. The number of aliphatic carboxylic acids is 1. The summed E-state index contributed by atoms with van der Waals surface area (Å²) in [5.74, 6) is -0.825. The van der Waals surface area contributed by atoms with Crippen LogP contribution in [-0.2, 0) is 16.6 Å². The van der Waals surface area contributed by atoms with Crippen LogP contribution in [0.15, 0.2) is 48.0 Å². The van der Waals surface area contributed by atoms with Crippen molar-refractivity contribution in [2.45, 2.75) is 25.6 Å². The molecule has 1 unspecified atom stereocenters. The predicted molar refractivity (Wildman–Crippen MR) is 113 cm³/mol. The van der Waals surface area contributed by atoms with Crippen LogP contribution >= 0.6 is 22.7 Å². The fourth-order valence-corrected chi connectivity index (χ4v) is 5.00. The zero-order valence-electron chi connectivity index (χ0n) is 16.2. The Morgan fingerprint density at radius 1 is 1.13 bits per heavy atom. The molecule has 2 aromatic carbocycles. The average Bonchev–Trinajstić information content (AvgIpc) is 3.34. The molecule has 10 heteroatoms. The number of hydrogen-bond donors (Lipinski definition) is 1. The molecule has 0 radical (unpaired) electrons. The van der Waals surface area contributed by atoms with E-state index < -0.39 is 23.3 Å². The molecule has 0 spiro atoms. The third kappa shape index (κ3) is 3.88. The van der Waals surface area contributed by atoms with Crippen LogP contribution < -0.4 is 4.74 Å². The van der Waals surface area contributed by atoms with Crippen LogP contribution in [0.1, 0.15) is 23.1 Å². The number of carbonyl (C=O) groups is 1. The number of carboxylic acids is 1. The van der Waals surface area contributed by atoms with Crippen molar-refractivity contribution >= 4 is 38.9 Å². The van der Waals surface area contributed by atoms with Gasteiger partial charge in [0.1, 0.15) is 10.8 Å². The Balaban J connectivity index is 1.73. The van der Waals surface area contributed by atoms with E-state index in [9.17, 15) is 23.1 Å². The highest BCUT2D eigenvalue weighted by Gasteiger charge is 2.42. The molecule has 2 aromatic heterocycles. The normalized spacial score (nSPS) is 13.8. The van der Waals surface area contributed by atoms with Crippen LogP contribution in [0.2, 0.25) is 0 Å². The van der Waals surface area contributed by atoms with Crippen molar-refractivity contribution in [3.05, 3.63) is 64.1 Å². The number of nitrogens with zero attached hydrogens (tertiary/aromatic N) is 2. The standard InChI is InChI=1S/C21H15F3N2O3S2/c1-11-17(31-18(26-11)12-6-8-13(9-7-12)21(22,23)24)20(2,19(27)28)29-15-5-3-4-14-16(15)30-10-25-14/h3-10H,1-2H3,(H,27,28). The molecule has 0 bridgehead atoms. The molecule has 1 N–H and O–H groups in total. The molecule has 4 rings (SSSR count). The van der Waals surface area contributed by atoms with Crippen LogP contribution in [0.4, 0.5) is 13.2 Å². The number of halogens is 3. The van der Waals surface area contributed by atoms with Crippen molar-refractivity contribution in [2.75, 3.05) is 0 Å². The highest BCUT2D eigenvalue weighted by atomic mass is 32.1. The van der Waals surface area contributed by atoms with Crippen molar-refractivity contribution in [2.24, 2.45) is 0 Å². The SMILES string of the molecule is Cc1nc(-c2ccc(C(F)(F)F)cc2)sc1C(C)(Oc1cccc2ncsc12)C(=O)O. The van der Waals surface area contributed by atoms with Gasteiger partial charge < -0.3 is 9.84 Å². The summed E-state index contributed by atoms with van der Waals surface area (Å²) in [7, 11) is 0. The molecule has 0 aliphatic carbocycles. The zero-order chi connectivity index (χ0) is 22.4. The maximum absolute atomic E-state index is 12.8. The van der Waals surface area contributed by atoms with Gasteiger partial charge >= 0.3 is 12.1 Å². The largest absolute Gasteiger partial charge is 0.478 e. The smallest absolute Gasteiger partial charge is 0.416 e. The summed E-state index contributed by atoms with van der Waals surface area (Å²) in [5.41, 5.74) is 0.731. The third-order valence-corrected chi connectivity index (χ3v) is 7.00. The number of benzene rings is 2. The number of alkyl halides is 3. The molecule has 0 aliphatic rings. The Morgan fingerprint density at radius 3 is 2.48 bits per heavy atom. The van der Waals surface area contributed by atoms with Crippen LogP contribution in [0.25, 0.3) is 20.8 Å². The summed E-state index contributed by atoms with van der Waals surface area (Å²) in [5, 5.41) is 10.4. The lowest BCUT2D eigenvalue weighted by Crippen LogP contribution is -2.38. The van der Waals surface area contributed by atoms with E-state index in [1.165, 1.54) is 30.4 Å². The molecular formula is C21H15F3N2O3S2. The Morgan fingerprint density at radius 2 is 1.84 bits per heavy atom. The Labute approximate surface area is 182 Å². The van der Waals surface area contributed by atoms with Crippen molar-refractivity contribution in [1.29, 1.82) is 0 Å². The maximum atomic E-state index is 12.8. The number of rotatable bonds is 5. The van der Waals surface area contributed by atoms with Gasteiger partial charge in [0, 0.05) is 5.56 Å². The van der Waals surface area contributed by atoms with E-state index in [0.717, 1.165) is 28.2 Å². The highest BCUT2D eigenvalue weighted by Crippen LogP contribution is 2.41. The van der Waals surface area contributed by atoms with E-state index in [4.69, 9.17) is 4.74 Å². The monoisotopic (exact) mass is 464 g/mol. The second kappa shape index (κ2) is 7.61. The second-order valence-electron chi connectivity index (χ2n) is 6.91. The molecule has 4 aromatic rings. The Kier molecular flexibility index (Phi) is 5.22. The molecule has 0 saturated heterocycles. The summed E-state index contributed by atoms with van der Waals surface area (Å²) < 4.78 is 45.2. The molecule has 0 saturated carbocycles. The van der Waals surface area contributed by atoms with Crippen LogP contribution in [0.5, 0.6) is 5.75 Å². The minimum absolute atomic E-state index is 0.358. The van der Waals surface area contributed by atoms with E-state index in [0.29, 0.717) is 32.4 Å². The first kappa shape index (κ1) is 21.3. The van der Waals surface area contributed by atoms with Crippen molar-refractivity contribution < 1.29 is 27.8 Å². The van der Waals surface area contributed by atoms with E-state index in [1.807, 2.05) is 0 Å². The number of fused-ring (bicyclic) bond motifs is 1. The minimum Gasteiger partial charge on any atom is -0.478 e. The summed E-state index contributed by atoms with van der Waals surface area (Å²) >= 11 is 2.42. The highest BCUT2D eigenvalue weighted by molar-refractivity contribution is 7.17. The quantitative estimate of drug-likeness (QED) is 0.385. The molecule has 160 valence electrons. The van der Waals surface area contributed by atoms with Gasteiger partial charge in [0.15, 0.2) is 0 Å². The van der Waals surface area contributed by atoms with Crippen LogP contribution in [0.3, 0.4) is 0 Å². The molecule has 2 heterocycles. The predicted octanol–water partition coefficient (Wildman–Crippen LogP) is 6.13. The fourth-order valence-electron chi connectivity index (χ4n) is 3.11. The van der Waals surface area contributed by atoms with Gasteiger partial charge in [-0.1, -0.05) is 18.2 Å². The summed E-state index contributed by atoms with van der Waals surface area (Å²) in [4.78, 5) is 21.2. The van der Waals surface area contributed by atoms with E-state index in [-0.39, 0.29) is 0 Å². The van der Waals surface area contributed by atoms with Gasteiger partial charge in [-0.2, -0.15) is 13.2 Å². The van der Waals surface area contributed by atoms with Gasteiger partial charge in [-0.05, 0) is 38.1 Å². The maximum Gasteiger partial charge on any atom is 0.416 e. The lowest BCUT2D eigenvalue weighted by Gasteiger charge is -2.26. The van der Waals surface area contributed by atoms with Gasteiger partial charge in [0.2, 0.25) is 5.60 Å². The lowest BCUT2D eigenvalue weighted by atomic mass is 10.0. The first-order chi connectivity index (χ1) is 14.6. The number of ether oxygens (including phenoxy) is 1. The van der Waals surface area contributed by atoms with Gasteiger partial charge in [0.05, 0.1) is 31.9 Å². The second-order valence-corrected chi connectivity index (χ2v) is 8.76. The molecule has 0 fully saturated rings. The Bertz CT molecular complexity index is 1270. The molecule has 0 aliphatic heterocycles. The minimum atomic E-state index is -4.43.